The summed E-state index contributed by atoms with van der Waals surface area (Å²) in [4.78, 5) is 28.0. The van der Waals surface area contributed by atoms with E-state index in [0.717, 1.165) is 11.1 Å². The molecule has 0 radical (unpaired) electrons. The molecule has 0 bridgehead atoms. The number of aryl methyl sites for hydroxylation is 1. The van der Waals surface area contributed by atoms with Gasteiger partial charge in [0, 0.05) is 18.5 Å². The first-order valence-electron chi connectivity index (χ1n) is 11.1. The van der Waals surface area contributed by atoms with Crippen LogP contribution in [0.2, 0.25) is 0 Å². The van der Waals surface area contributed by atoms with Crippen molar-refractivity contribution in [2.75, 3.05) is 14.2 Å². The fraction of sp³-hybridized carbons (Fsp3) is 0.462. The van der Waals surface area contributed by atoms with E-state index >= 15 is 0 Å². The van der Waals surface area contributed by atoms with Gasteiger partial charge in [0.1, 0.15) is 11.9 Å². The van der Waals surface area contributed by atoms with Gasteiger partial charge in [0.15, 0.2) is 11.5 Å². The molecule has 1 N–H and O–H groups in total. The third kappa shape index (κ3) is 7.77. The fourth-order valence-electron chi connectivity index (χ4n) is 3.59. The summed E-state index contributed by atoms with van der Waals surface area (Å²) in [6, 6.07) is 10.9. The van der Waals surface area contributed by atoms with Crippen LogP contribution < -0.4 is 14.8 Å². The second-order valence-electron chi connectivity index (χ2n) is 9.00. The van der Waals surface area contributed by atoms with Crippen LogP contribution in [0.3, 0.4) is 0 Å². The summed E-state index contributed by atoms with van der Waals surface area (Å²) in [6.45, 7) is 7.82. The van der Waals surface area contributed by atoms with E-state index in [-0.39, 0.29) is 30.6 Å². The average Bonchev–Trinajstić information content (AvgIpc) is 2.77. The predicted molar refractivity (Wildman–Crippen MR) is 127 cm³/mol. The Morgan fingerprint density at radius 3 is 2.15 bits per heavy atom. The Kier molecular flexibility index (Phi) is 9.26. The number of nitrogens with one attached hydrogen (secondary N) is 1. The summed E-state index contributed by atoms with van der Waals surface area (Å²) in [5.74, 6) is 0.524. The molecule has 33 heavy (non-hydrogen) atoms. The zero-order chi connectivity index (χ0) is 24.6. The number of rotatable bonds is 10. The van der Waals surface area contributed by atoms with Crippen molar-refractivity contribution in [3.63, 3.8) is 0 Å². The highest BCUT2D eigenvalue weighted by atomic mass is 19.1. The molecule has 0 aliphatic carbocycles. The number of nitrogens with zero attached hydrogens (tertiary/aromatic N) is 1. The number of hydrogen-bond acceptors (Lipinski definition) is 4. The first-order valence-corrected chi connectivity index (χ1v) is 11.1. The van der Waals surface area contributed by atoms with Crippen molar-refractivity contribution < 1.29 is 23.5 Å². The zero-order valence-corrected chi connectivity index (χ0v) is 20.4. The van der Waals surface area contributed by atoms with Crippen LogP contribution in [0.1, 0.15) is 51.7 Å². The molecule has 0 heterocycles. The second kappa shape index (κ2) is 11.7. The van der Waals surface area contributed by atoms with E-state index in [1.165, 1.54) is 12.1 Å². The number of carbonyl (C=O) groups is 2. The van der Waals surface area contributed by atoms with E-state index in [4.69, 9.17) is 9.47 Å². The van der Waals surface area contributed by atoms with E-state index in [1.807, 2.05) is 39.8 Å². The highest BCUT2D eigenvalue weighted by Gasteiger charge is 2.30. The molecule has 1 atom stereocenters. The van der Waals surface area contributed by atoms with E-state index in [1.54, 1.807) is 37.3 Å². The maximum Gasteiger partial charge on any atom is 0.243 e. The van der Waals surface area contributed by atoms with Gasteiger partial charge in [-0.15, -0.1) is 0 Å². The molecular formula is C26H35FN2O4. The van der Waals surface area contributed by atoms with Crippen LogP contribution in [-0.4, -0.2) is 42.5 Å². The molecule has 0 aliphatic rings. The molecule has 180 valence electrons. The van der Waals surface area contributed by atoms with Gasteiger partial charge in [0.05, 0.1) is 14.2 Å². The molecule has 2 amide bonds. The molecule has 0 spiro atoms. The van der Waals surface area contributed by atoms with Crippen LogP contribution in [0, 0.1) is 5.82 Å². The van der Waals surface area contributed by atoms with Crippen molar-refractivity contribution in [3.8, 4) is 11.5 Å². The maximum atomic E-state index is 13.4. The summed E-state index contributed by atoms with van der Waals surface area (Å²) in [5, 5.41) is 2.98. The number of amides is 2. The molecule has 0 saturated heterocycles. The topological polar surface area (TPSA) is 67.9 Å². The summed E-state index contributed by atoms with van der Waals surface area (Å²) in [7, 11) is 3.14. The Hall–Kier alpha value is -3.09. The molecule has 2 aromatic rings. The third-order valence-corrected chi connectivity index (χ3v) is 5.23. The molecule has 2 aromatic carbocycles. The summed E-state index contributed by atoms with van der Waals surface area (Å²) < 4.78 is 24.0. The van der Waals surface area contributed by atoms with Gasteiger partial charge >= 0.3 is 0 Å². The minimum atomic E-state index is -0.632. The highest BCUT2D eigenvalue weighted by molar-refractivity contribution is 5.88. The number of hydrogen-bond donors (Lipinski definition) is 1. The van der Waals surface area contributed by atoms with Crippen LogP contribution in [0.25, 0.3) is 0 Å². The SMILES string of the molecule is CC[C@@H](C(=O)NC(C)(C)C)N(Cc1ccc(F)cc1)C(=O)CCc1ccc(OC)c(OC)c1. The van der Waals surface area contributed by atoms with Gasteiger partial charge in [-0.3, -0.25) is 9.59 Å². The number of halogens is 1. The van der Waals surface area contributed by atoms with Gasteiger partial charge in [-0.2, -0.15) is 0 Å². The van der Waals surface area contributed by atoms with Gasteiger partial charge in [-0.05, 0) is 69.0 Å². The lowest BCUT2D eigenvalue weighted by Gasteiger charge is -2.33. The van der Waals surface area contributed by atoms with Crippen molar-refractivity contribution in [3.05, 3.63) is 59.4 Å². The van der Waals surface area contributed by atoms with E-state index in [2.05, 4.69) is 5.32 Å². The predicted octanol–water partition coefficient (Wildman–Crippen LogP) is 4.50. The highest BCUT2D eigenvalue weighted by Crippen LogP contribution is 2.28. The zero-order valence-electron chi connectivity index (χ0n) is 20.4. The van der Waals surface area contributed by atoms with E-state index in [0.29, 0.717) is 24.3 Å². The Morgan fingerprint density at radius 1 is 1.00 bits per heavy atom. The monoisotopic (exact) mass is 458 g/mol. The van der Waals surface area contributed by atoms with E-state index < -0.39 is 11.6 Å². The lowest BCUT2D eigenvalue weighted by molar-refractivity contribution is -0.142. The molecule has 0 aliphatic heterocycles. The average molecular weight is 459 g/mol. The summed E-state index contributed by atoms with van der Waals surface area (Å²) >= 11 is 0. The minimum Gasteiger partial charge on any atom is -0.493 e. The smallest absolute Gasteiger partial charge is 0.243 e. The van der Waals surface area contributed by atoms with Crippen molar-refractivity contribution in [1.82, 2.24) is 10.2 Å². The van der Waals surface area contributed by atoms with Crippen LogP contribution in [0.4, 0.5) is 4.39 Å². The van der Waals surface area contributed by atoms with Crippen LogP contribution in [0.5, 0.6) is 11.5 Å². The lowest BCUT2D eigenvalue weighted by Crippen LogP contribution is -2.53. The number of ether oxygens (including phenoxy) is 2. The van der Waals surface area contributed by atoms with E-state index in [9.17, 15) is 14.0 Å². The molecule has 6 nitrogen and oxygen atoms in total. The van der Waals surface area contributed by atoms with Crippen LogP contribution in [0.15, 0.2) is 42.5 Å². The van der Waals surface area contributed by atoms with Gasteiger partial charge < -0.3 is 19.7 Å². The molecule has 7 heteroatoms. The second-order valence-corrected chi connectivity index (χ2v) is 9.00. The Bertz CT molecular complexity index is 938. The summed E-state index contributed by atoms with van der Waals surface area (Å²) in [6.07, 6.45) is 1.16. The first-order chi connectivity index (χ1) is 15.6. The normalized spacial score (nSPS) is 12.1. The molecule has 0 aromatic heterocycles. The van der Waals surface area contributed by atoms with Crippen molar-refractivity contribution >= 4 is 11.8 Å². The molecular weight excluding hydrogens is 423 g/mol. The molecule has 0 saturated carbocycles. The van der Waals surface area contributed by atoms with Gasteiger partial charge in [-0.25, -0.2) is 4.39 Å². The van der Waals surface area contributed by atoms with Gasteiger partial charge in [-0.1, -0.05) is 25.1 Å². The number of benzene rings is 2. The number of carbonyl (C=O) groups excluding carboxylic acids is 2. The van der Waals surface area contributed by atoms with Gasteiger partial charge in [0.25, 0.3) is 0 Å². The van der Waals surface area contributed by atoms with Gasteiger partial charge in [0.2, 0.25) is 11.8 Å². The summed E-state index contributed by atoms with van der Waals surface area (Å²) in [5.41, 5.74) is 1.27. The van der Waals surface area contributed by atoms with Crippen molar-refractivity contribution in [2.45, 2.75) is 65.1 Å². The fourth-order valence-corrected chi connectivity index (χ4v) is 3.59. The minimum absolute atomic E-state index is 0.148. The molecule has 2 rings (SSSR count). The Labute approximate surface area is 196 Å². The van der Waals surface area contributed by atoms with Crippen LogP contribution >= 0.6 is 0 Å². The largest absolute Gasteiger partial charge is 0.493 e. The standard InChI is InChI=1S/C26H35FN2O4/c1-7-21(25(31)28-26(2,3)4)29(17-19-8-12-20(27)13-9-19)24(30)15-11-18-10-14-22(32-5)23(16-18)33-6/h8-10,12-14,16,21H,7,11,15,17H2,1-6H3,(H,28,31)/t21-/m0/s1. The quantitative estimate of drug-likeness (QED) is 0.569. The third-order valence-electron chi connectivity index (χ3n) is 5.23. The van der Waals surface area contributed by atoms with Crippen LogP contribution in [-0.2, 0) is 22.6 Å². The molecule has 0 fully saturated rings. The maximum absolute atomic E-state index is 13.4. The first kappa shape index (κ1) is 26.2. The number of methoxy groups -OCH3 is 2. The molecule has 0 unspecified atom stereocenters. The van der Waals surface area contributed by atoms with Crippen molar-refractivity contribution in [1.29, 1.82) is 0 Å². The lowest BCUT2D eigenvalue weighted by atomic mass is 10.0. The Balaban J connectivity index is 2.24. The van der Waals surface area contributed by atoms with Crippen molar-refractivity contribution in [2.24, 2.45) is 0 Å². The Morgan fingerprint density at radius 2 is 1.61 bits per heavy atom.